The number of hydrogen-bond donors (Lipinski definition) is 2. The molecule has 0 unspecified atom stereocenters. The van der Waals surface area contributed by atoms with Gasteiger partial charge >= 0.3 is 0 Å². The zero-order chi connectivity index (χ0) is 9.47. The fraction of sp³-hybridized carbons (Fsp3) is 0.333. The summed E-state index contributed by atoms with van der Waals surface area (Å²) in [6.45, 7) is 1.38. The fourth-order valence-corrected chi connectivity index (χ4v) is 1.52. The van der Waals surface area contributed by atoms with E-state index in [0.717, 1.165) is 5.56 Å². The van der Waals surface area contributed by atoms with Crippen molar-refractivity contribution in [2.45, 2.75) is 5.54 Å². The predicted molar refractivity (Wildman–Crippen MR) is 57.4 cm³/mol. The van der Waals surface area contributed by atoms with Gasteiger partial charge in [-0.05, 0) is 17.7 Å². The minimum atomic E-state index is -0.411. The van der Waals surface area contributed by atoms with E-state index in [4.69, 9.17) is 17.3 Å². The van der Waals surface area contributed by atoms with Crippen molar-refractivity contribution in [1.29, 1.82) is 0 Å². The lowest BCUT2D eigenvalue weighted by Gasteiger charge is -2.39. The molecule has 3 N–H and O–H groups in total. The smallest absolute Gasteiger partial charge is 0.142 e. The number of benzene rings is 1. The van der Waals surface area contributed by atoms with Gasteiger partial charge in [0.15, 0.2) is 0 Å². The minimum absolute atomic E-state index is 0. The molecular weight excluding hydrogens is 226 g/mol. The molecule has 78 valence electrons. The predicted octanol–water partition coefficient (Wildman–Crippen LogP) is 1.66. The zero-order valence-electron chi connectivity index (χ0n) is 7.39. The van der Waals surface area contributed by atoms with Crippen LogP contribution in [0.2, 0.25) is 5.02 Å². The second-order valence-electron chi connectivity index (χ2n) is 3.39. The van der Waals surface area contributed by atoms with Crippen LogP contribution in [-0.4, -0.2) is 13.1 Å². The normalized spacial score (nSPS) is 18.2. The third-order valence-corrected chi connectivity index (χ3v) is 2.68. The van der Waals surface area contributed by atoms with Gasteiger partial charge in [-0.3, -0.25) is 0 Å². The number of rotatable bonds is 1. The zero-order valence-corrected chi connectivity index (χ0v) is 8.96. The number of hydrogen-bond acceptors (Lipinski definition) is 2. The van der Waals surface area contributed by atoms with Crippen molar-refractivity contribution in [2.24, 2.45) is 5.73 Å². The second kappa shape index (κ2) is 4.03. The molecular formula is C9H11Cl2FN2. The highest BCUT2D eigenvalue weighted by Gasteiger charge is 2.34. The summed E-state index contributed by atoms with van der Waals surface area (Å²) >= 11 is 5.56. The Kier molecular flexibility index (Phi) is 3.37. The summed E-state index contributed by atoms with van der Waals surface area (Å²) < 4.78 is 13.1. The molecule has 0 atom stereocenters. The highest BCUT2D eigenvalue weighted by Crippen LogP contribution is 2.25. The van der Waals surface area contributed by atoms with Gasteiger partial charge in [0.25, 0.3) is 0 Å². The van der Waals surface area contributed by atoms with Crippen molar-refractivity contribution in [1.82, 2.24) is 5.32 Å². The Balaban J connectivity index is 0.000000980. The maximum absolute atomic E-state index is 13.1. The van der Waals surface area contributed by atoms with Crippen molar-refractivity contribution >= 4 is 24.0 Å². The summed E-state index contributed by atoms with van der Waals surface area (Å²) in [6.07, 6.45) is 0. The Hall–Kier alpha value is -0.350. The third kappa shape index (κ3) is 1.86. The molecule has 2 rings (SSSR count). The van der Waals surface area contributed by atoms with Crippen LogP contribution >= 0.6 is 24.0 Å². The number of nitrogens with two attached hydrogens (primary N) is 1. The van der Waals surface area contributed by atoms with Crippen LogP contribution in [0.4, 0.5) is 4.39 Å². The topological polar surface area (TPSA) is 38.0 Å². The Morgan fingerprint density at radius 3 is 2.50 bits per heavy atom. The van der Waals surface area contributed by atoms with Crippen LogP contribution in [0, 0.1) is 5.82 Å². The van der Waals surface area contributed by atoms with E-state index < -0.39 is 11.4 Å². The van der Waals surface area contributed by atoms with Crippen LogP contribution in [0.3, 0.4) is 0 Å². The van der Waals surface area contributed by atoms with Crippen molar-refractivity contribution in [3.63, 3.8) is 0 Å². The maximum atomic E-state index is 13.1. The molecule has 1 aliphatic heterocycles. The summed E-state index contributed by atoms with van der Waals surface area (Å²) in [6, 6.07) is 4.72. The van der Waals surface area contributed by atoms with E-state index in [1.165, 1.54) is 6.07 Å². The summed E-state index contributed by atoms with van der Waals surface area (Å²) in [5, 5.41) is 3.19. The monoisotopic (exact) mass is 236 g/mol. The van der Waals surface area contributed by atoms with E-state index in [-0.39, 0.29) is 17.4 Å². The molecule has 1 fully saturated rings. The molecule has 2 nitrogen and oxygen atoms in total. The Morgan fingerprint density at radius 2 is 2.07 bits per heavy atom. The van der Waals surface area contributed by atoms with Crippen LogP contribution in [-0.2, 0) is 5.54 Å². The van der Waals surface area contributed by atoms with Gasteiger partial charge < -0.3 is 11.1 Å². The van der Waals surface area contributed by atoms with Gasteiger partial charge in [-0.15, -0.1) is 12.4 Å². The molecule has 1 heterocycles. The van der Waals surface area contributed by atoms with E-state index in [9.17, 15) is 4.39 Å². The van der Waals surface area contributed by atoms with Crippen molar-refractivity contribution in [2.75, 3.05) is 13.1 Å². The number of nitrogens with one attached hydrogen (secondary N) is 1. The van der Waals surface area contributed by atoms with Crippen molar-refractivity contribution in [3.8, 4) is 0 Å². The van der Waals surface area contributed by atoms with Gasteiger partial charge in [-0.25, -0.2) is 4.39 Å². The highest BCUT2D eigenvalue weighted by molar-refractivity contribution is 6.30. The molecule has 5 heteroatoms. The minimum Gasteiger partial charge on any atom is -0.319 e. The maximum Gasteiger partial charge on any atom is 0.142 e. The van der Waals surface area contributed by atoms with Crippen LogP contribution in [0.15, 0.2) is 18.2 Å². The molecule has 0 aliphatic carbocycles. The van der Waals surface area contributed by atoms with E-state index in [1.807, 2.05) is 0 Å². The molecule has 1 aromatic carbocycles. The van der Waals surface area contributed by atoms with Gasteiger partial charge in [0.2, 0.25) is 0 Å². The average molecular weight is 237 g/mol. The first-order valence-electron chi connectivity index (χ1n) is 4.07. The standard InChI is InChI=1S/C9H10ClFN2.ClH/c10-7-2-1-6(3-8(7)11)9(12)4-13-5-9;/h1-3,13H,4-5,12H2;1H. The lowest BCUT2D eigenvalue weighted by Crippen LogP contribution is -2.62. The second-order valence-corrected chi connectivity index (χ2v) is 3.80. The largest absolute Gasteiger partial charge is 0.319 e. The molecule has 0 radical (unpaired) electrons. The first-order valence-corrected chi connectivity index (χ1v) is 4.45. The van der Waals surface area contributed by atoms with E-state index in [1.54, 1.807) is 12.1 Å². The number of halogens is 3. The summed E-state index contributed by atoms with van der Waals surface area (Å²) in [7, 11) is 0. The first kappa shape index (κ1) is 11.7. The average Bonchev–Trinajstić information content (AvgIpc) is 2.06. The van der Waals surface area contributed by atoms with Gasteiger partial charge in [0, 0.05) is 13.1 Å². The molecule has 1 saturated heterocycles. The van der Waals surface area contributed by atoms with E-state index >= 15 is 0 Å². The summed E-state index contributed by atoms with van der Waals surface area (Å²) in [4.78, 5) is 0. The van der Waals surface area contributed by atoms with Gasteiger partial charge in [0.1, 0.15) is 5.82 Å². The van der Waals surface area contributed by atoms with Crippen LogP contribution in [0.25, 0.3) is 0 Å². The van der Waals surface area contributed by atoms with Crippen LogP contribution < -0.4 is 11.1 Å². The van der Waals surface area contributed by atoms with Gasteiger partial charge in [-0.1, -0.05) is 17.7 Å². The lowest BCUT2D eigenvalue weighted by molar-refractivity contribution is 0.286. The third-order valence-electron chi connectivity index (χ3n) is 2.38. The van der Waals surface area contributed by atoms with Crippen molar-refractivity contribution < 1.29 is 4.39 Å². The molecule has 14 heavy (non-hydrogen) atoms. The Morgan fingerprint density at radius 1 is 1.43 bits per heavy atom. The van der Waals surface area contributed by atoms with Gasteiger partial charge in [-0.2, -0.15) is 0 Å². The van der Waals surface area contributed by atoms with Crippen LogP contribution in [0.1, 0.15) is 5.56 Å². The molecule has 0 saturated carbocycles. The van der Waals surface area contributed by atoms with Crippen LogP contribution in [0.5, 0.6) is 0 Å². The summed E-state index contributed by atoms with van der Waals surface area (Å²) in [5.41, 5.74) is 6.36. The molecule has 1 aromatic rings. The quantitative estimate of drug-likeness (QED) is 0.779. The van der Waals surface area contributed by atoms with Gasteiger partial charge in [0.05, 0.1) is 10.6 Å². The summed E-state index contributed by atoms with van der Waals surface area (Å²) in [5.74, 6) is -0.407. The molecule has 1 aliphatic rings. The Bertz CT molecular complexity index is 340. The lowest BCUT2D eigenvalue weighted by atomic mass is 9.85. The SMILES string of the molecule is Cl.NC1(c2ccc(Cl)c(F)c2)CNC1. The van der Waals surface area contributed by atoms with Crippen molar-refractivity contribution in [3.05, 3.63) is 34.6 Å². The van der Waals surface area contributed by atoms with E-state index in [2.05, 4.69) is 5.32 Å². The first-order chi connectivity index (χ1) is 6.12. The fourth-order valence-electron chi connectivity index (χ4n) is 1.40. The molecule has 0 spiro atoms. The molecule has 0 amide bonds. The molecule has 0 bridgehead atoms. The molecule has 0 aromatic heterocycles. The highest BCUT2D eigenvalue weighted by atomic mass is 35.5. The Labute approximate surface area is 93.0 Å². The van der Waals surface area contributed by atoms with E-state index in [0.29, 0.717) is 13.1 Å².